The van der Waals surface area contributed by atoms with Crippen LogP contribution < -0.4 is 11.1 Å². The highest BCUT2D eigenvalue weighted by molar-refractivity contribution is 6.05. The molecule has 4 rings (SSSR count). The topological polar surface area (TPSA) is 105 Å². The van der Waals surface area contributed by atoms with Gasteiger partial charge in [-0.05, 0) is 30.5 Å². The van der Waals surface area contributed by atoms with Crippen molar-refractivity contribution in [2.75, 3.05) is 19.7 Å². The van der Waals surface area contributed by atoms with Crippen molar-refractivity contribution >= 4 is 17.7 Å². The molecule has 0 radical (unpaired) electrons. The predicted molar refractivity (Wildman–Crippen MR) is 101 cm³/mol. The molecule has 1 aromatic carbocycles. The molecule has 3 aliphatic rings. The van der Waals surface area contributed by atoms with E-state index in [0.29, 0.717) is 25.1 Å². The van der Waals surface area contributed by atoms with E-state index in [2.05, 4.69) is 16.3 Å². The molecule has 8 heteroatoms. The van der Waals surface area contributed by atoms with Gasteiger partial charge in [0.2, 0.25) is 11.8 Å². The zero-order chi connectivity index (χ0) is 19.8. The molecule has 3 N–H and O–H groups in total. The van der Waals surface area contributed by atoms with E-state index in [1.165, 1.54) is 0 Å². The maximum Gasteiger partial charge on any atom is 0.255 e. The molecule has 8 nitrogen and oxygen atoms in total. The number of nitrogens with two attached hydrogens (primary N) is 1. The fourth-order valence-corrected chi connectivity index (χ4v) is 4.18. The number of ether oxygens (including phenoxy) is 1. The van der Waals surface area contributed by atoms with Crippen LogP contribution in [-0.4, -0.2) is 65.4 Å². The normalized spacial score (nSPS) is 26.9. The molecule has 28 heavy (non-hydrogen) atoms. The average Bonchev–Trinajstić information content (AvgIpc) is 2.98. The lowest BCUT2D eigenvalue weighted by atomic mass is 10.0. The Bertz CT molecular complexity index is 809. The number of benzene rings is 1. The summed E-state index contributed by atoms with van der Waals surface area (Å²) in [5.41, 5.74) is 8.67. The van der Waals surface area contributed by atoms with Crippen molar-refractivity contribution in [2.45, 2.75) is 51.0 Å². The van der Waals surface area contributed by atoms with Gasteiger partial charge in [-0.2, -0.15) is 0 Å². The zero-order valence-corrected chi connectivity index (χ0v) is 16.0. The molecule has 3 heterocycles. The average molecular weight is 386 g/mol. The van der Waals surface area contributed by atoms with E-state index < -0.39 is 6.04 Å². The molecule has 2 saturated heterocycles. The first-order chi connectivity index (χ1) is 13.4. The Kier molecular flexibility index (Phi) is 5.18. The van der Waals surface area contributed by atoms with Crippen molar-refractivity contribution < 1.29 is 19.1 Å². The van der Waals surface area contributed by atoms with Crippen LogP contribution in [0.2, 0.25) is 0 Å². The van der Waals surface area contributed by atoms with E-state index in [9.17, 15) is 14.4 Å². The van der Waals surface area contributed by atoms with Crippen molar-refractivity contribution in [1.82, 2.24) is 15.1 Å². The molecule has 0 aliphatic carbocycles. The van der Waals surface area contributed by atoms with Crippen LogP contribution in [0.1, 0.15) is 41.3 Å². The molecule has 3 atom stereocenters. The number of morpholine rings is 1. The Morgan fingerprint density at radius 3 is 2.89 bits per heavy atom. The fraction of sp³-hybridized carbons (Fsp3) is 0.550. The van der Waals surface area contributed by atoms with Gasteiger partial charge in [0, 0.05) is 44.2 Å². The number of hydrogen-bond donors (Lipinski definition) is 2. The van der Waals surface area contributed by atoms with E-state index in [1.54, 1.807) is 4.90 Å². The first-order valence-electron chi connectivity index (χ1n) is 9.78. The SMILES string of the molecule is CC(N)C1CN(Cc2ccc3c(c2)CN(C2CCC(=O)NC2=O)C3=O)CCO1. The Morgan fingerprint density at radius 2 is 2.14 bits per heavy atom. The van der Waals surface area contributed by atoms with Gasteiger partial charge < -0.3 is 15.4 Å². The van der Waals surface area contributed by atoms with Crippen LogP contribution in [0.15, 0.2) is 18.2 Å². The van der Waals surface area contributed by atoms with Crippen molar-refractivity contribution in [3.63, 3.8) is 0 Å². The highest BCUT2D eigenvalue weighted by Gasteiger charge is 2.39. The van der Waals surface area contributed by atoms with Crippen LogP contribution in [-0.2, 0) is 27.4 Å². The van der Waals surface area contributed by atoms with E-state index in [0.717, 1.165) is 30.8 Å². The lowest BCUT2D eigenvalue weighted by molar-refractivity contribution is -0.136. The number of amides is 3. The van der Waals surface area contributed by atoms with Crippen molar-refractivity contribution in [3.05, 3.63) is 34.9 Å². The number of carbonyl (C=O) groups excluding carboxylic acids is 3. The molecule has 0 spiro atoms. The Balaban J connectivity index is 1.45. The summed E-state index contributed by atoms with van der Waals surface area (Å²) >= 11 is 0. The third-order valence-electron chi connectivity index (χ3n) is 5.76. The van der Waals surface area contributed by atoms with Gasteiger partial charge in [-0.1, -0.05) is 12.1 Å². The second-order valence-electron chi connectivity index (χ2n) is 7.89. The summed E-state index contributed by atoms with van der Waals surface area (Å²) in [6.45, 7) is 5.43. The maximum absolute atomic E-state index is 12.8. The lowest BCUT2D eigenvalue weighted by Crippen LogP contribution is -2.52. The second kappa shape index (κ2) is 7.62. The monoisotopic (exact) mass is 386 g/mol. The summed E-state index contributed by atoms with van der Waals surface area (Å²) in [4.78, 5) is 40.2. The van der Waals surface area contributed by atoms with Gasteiger partial charge in [-0.25, -0.2) is 0 Å². The van der Waals surface area contributed by atoms with Gasteiger partial charge in [0.05, 0.1) is 12.7 Å². The van der Waals surface area contributed by atoms with Crippen LogP contribution in [0, 0.1) is 0 Å². The Morgan fingerprint density at radius 1 is 1.32 bits per heavy atom. The highest BCUT2D eigenvalue weighted by Crippen LogP contribution is 2.28. The minimum absolute atomic E-state index is 0.0116. The third-order valence-corrected chi connectivity index (χ3v) is 5.76. The first kappa shape index (κ1) is 19.0. The second-order valence-corrected chi connectivity index (χ2v) is 7.89. The van der Waals surface area contributed by atoms with Crippen molar-refractivity contribution in [2.24, 2.45) is 5.73 Å². The number of imide groups is 1. The summed E-state index contributed by atoms with van der Waals surface area (Å²) in [7, 11) is 0. The maximum atomic E-state index is 12.8. The lowest BCUT2D eigenvalue weighted by Gasteiger charge is -2.34. The van der Waals surface area contributed by atoms with Gasteiger partial charge in [0.25, 0.3) is 5.91 Å². The van der Waals surface area contributed by atoms with Crippen LogP contribution in [0.5, 0.6) is 0 Å². The number of rotatable bonds is 4. The number of piperidine rings is 1. The van der Waals surface area contributed by atoms with Gasteiger partial charge in [-0.15, -0.1) is 0 Å². The van der Waals surface area contributed by atoms with Gasteiger partial charge in [-0.3, -0.25) is 24.6 Å². The Labute approximate surface area is 164 Å². The number of hydrogen-bond acceptors (Lipinski definition) is 6. The predicted octanol–water partition coefficient (Wildman–Crippen LogP) is -0.00440. The molecule has 1 aromatic rings. The number of nitrogens with one attached hydrogen (secondary N) is 1. The van der Waals surface area contributed by atoms with E-state index in [1.807, 2.05) is 19.1 Å². The van der Waals surface area contributed by atoms with Crippen LogP contribution in [0.25, 0.3) is 0 Å². The molecule has 2 fully saturated rings. The standard InChI is InChI=1S/C20H26N4O4/c1-12(21)17-11-23(6-7-28-17)9-13-2-3-15-14(8-13)10-24(20(15)27)16-4-5-18(25)22-19(16)26/h2-3,8,12,16-17H,4-7,9-11,21H2,1H3,(H,22,25,26). The number of fused-ring (bicyclic) bond motifs is 1. The summed E-state index contributed by atoms with van der Waals surface area (Å²) in [5, 5.41) is 2.33. The largest absolute Gasteiger partial charge is 0.374 e. The van der Waals surface area contributed by atoms with Gasteiger partial charge >= 0.3 is 0 Å². The quantitative estimate of drug-likeness (QED) is 0.706. The Hall–Kier alpha value is -2.29. The van der Waals surface area contributed by atoms with Crippen molar-refractivity contribution in [3.8, 4) is 0 Å². The van der Waals surface area contributed by atoms with Crippen LogP contribution in [0.4, 0.5) is 0 Å². The van der Waals surface area contributed by atoms with Crippen LogP contribution in [0.3, 0.4) is 0 Å². The molecule has 3 aliphatic heterocycles. The molecule has 3 unspecified atom stereocenters. The van der Waals surface area contributed by atoms with E-state index in [-0.39, 0.29) is 36.3 Å². The molecule has 3 amide bonds. The third kappa shape index (κ3) is 3.67. The summed E-state index contributed by atoms with van der Waals surface area (Å²) in [5.74, 6) is -0.796. The smallest absolute Gasteiger partial charge is 0.255 e. The van der Waals surface area contributed by atoms with Gasteiger partial charge in [0.1, 0.15) is 6.04 Å². The van der Waals surface area contributed by atoms with Gasteiger partial charge in [0.15, 0.2) is 0 Å². The minimum atomic E-state index is -0.577. The van der Waals surface area contributed by atoms with Crippen LogP contribution >= 0.6 is 0 Å². The molecule has 0 saturated carbocycles. The fourth-order valence-electron chi connectivity index (χ4n) is 4.18. The molecule has 150 valence electrons. The molecule has 0 aromatic heterocycles. The van der Waals surface area contributed by atoms with E-state index >= 15 is 0 Å². The molecule has 0 bridgehead atoms. The van der Waals surface area contributed by atoms with Crippen molar-refractivity contribution in [1.29, 1.82) is 0 Å². The summed E-state index contributed by atoms with van der Waals surface area (Å²) in [6.07, 6.45) is 0.677. The first-order valence-corrected chi connectivity index (χ1v) is 9.78. The van der Waals surface area contributed by atoms with E-state index in [4.69, 9.17) is 10.5 Å². The minimum Gasteiger partial charge on any atom is -0.374 e. The molecular weight excluding hydrogens is 360 g/mol. The summed E-state index contributed by atoms with van der Waals surface area (Å²) < 4.78 is 5.71. The highest BCUT2D eigenvalue weighted by atomic mass is 16.5. The number of carbonyl (C=O) groups is 3. The molecular formula is C20H26N4O4. The summed E-state index contributed by atoms with van der Waals surface area (Å²) in [6, 6.07) is 5.29. The zero-order valence-electron chi connectivity index (χ0n) is 16.0. The number of nitrogens with zero attached hydrogens (tertiary/aromatic N) is 2.